The number of rotatable bonds is 3. The first-order valence-corrected chi connectivity index (χ1v) is 6.78. The molecule has 2 aliphatic rings. The molecule has 1 saturated heterocycles. The topological polar surface area (TPSA) is 49.6 Å². The summed E-state index contributed by atoms with van der Waals surface area (Å²) in [5.74, 6) is 1.06. The first-order valence-electron chi connectivity index (χ1n) is 6.78. The van der Waals surface area contributed by atoms with Gasteiger partial charge in [-0.05, 0) is 45.3 Å². The molecule has 1 amide bonds. The molecule has 1 heterocycles. The molecule has 0 spiro atoms. The van der Waals surface area contributed by atoms with Gasteiger partial charge in [-0.3, -0.25) is 4.79 Å². The number of likely N-dealkylation sites (tertiary alicyclic amines) is 1. The zero-order valence-corrected chi connectivity index (χ0v) is 11.1. The summed E-state index contributed by atoms with van der Waals surface area (Å²) in [7, 11) is 4.06. The molecule has 1 saturated carbocycles. The van der Waals surface area contributed by atoms with Crippen LogP contribution in [-0.4, -0.2) is 55.5 Å². The molecule has 2 N–H and O–H groups in total. The minimum atomic E-state index is 0.212. The molecular weight excluding hydrogens is 214 g/mol. The smallest absolute Gasteiger partial charge is 0.227 e. The van der Waals surface area contributed by atoms with Crippen molar-refractivity contribution in [1.82, 2.24) is 9.80 Å². The van der Waals surface area contributed by atoms with Gasteiger partial charge < -0.3 is 15.5 Å². The molecule has 0 aromatic heterocycles. The second-order valence-corrected chi connectivity index (χ2v) is 5.69. The Morgan fingerprint density at radius 3 is 2.76 bits per heavy atom. The van der Waals surface area contributed by atoms with E-state index in [1.54, 1.807) is 0 Å². The lowest BCUT2D eigenvalue weighted by Crippen LogP contribution is -2.44. The lowest BCUT2D eigenvalue weighted by atomic mass is 10.00. The van der Waals surface area contributed by atoms with E-state index in [4.69, 9.17) is 5.73 Å². The van der Waals surface area contributed by atoms with Gasteiger partial charge in [-0.25, -0.2) is 0 Å². The maximum atomic E-state index is 12.4. The molecule has 3 atom stereocenters. The van der Waals surface area contributed by atoms with Crippen LogP contribution in [0.2, 0.25) is 0 Å². The van der Waals surface area contributed by atoms with Gasteiger partial charge in [-0.2, -0.15) is 0 Å². The van der Waals surface area contributed by atoms with Crippen LogP contribution in [0.25, 0.3) is 0 Å². The van der Waals surface area contributed by atoms with E-state index >= 15 is 0 Å². The van der Waals surface area contributed by atoms with Crippen molar-refractivity contribution in [3.63, 3.8) is 0 Å². The van der Waals surface area contributed by atoms with E-state index < -0.39 is 0 Å². The maximum Gasteiger partial charge on any atom is 0.227 e. The Bertz CT molecular complexity index is 282. The molecule has 0 aromatic rings. The second-order valence-electron chi connectivity index (χ2n) is 5.69. The third-order valence-electron chi connectivity index (χ3n) is 4.51. The Kier molecular flexibility index (Phi) is 4.05. The summed E-state index contributed by atoms with van der Waals surface area (Å²) in [6.45, 7) is 2.69. The van der Waals surface area contributed by atoms with E-state index in [2.05, 4.69) is 11.9 Å². The van der Waals surface area contributed by atoms with Crippen LogP contribution >= 0.6 is 0 Å². The molecule has 1 aliphatic heterocycles. The molecule has 2 rings (SSSR count). The highest BCUT2D eigenvalue weighted by atomic mass is 16.2. The lowest BCUT2D eigenvalue weighted by Gasteiger charge is -2.31. The molecule has 4 nitrogen and oxygen atoms in total. The van der Waals surface area contributed by atoms with Gasteiger partial charge in [0.15, 0.2) is 0 Å². The van der Waals surface area contributed by atoms with Crippen LogP contribution in [0, 0.1) is 11.8 Å². The second kappa shape index (κ2) is 5.36. The third-order valence-corrected chi connectivity index (χ3v) is 4.51. The summed E-state index contributed by atoms with van der Waals surface area (Å²) in [6, 6.07) is 0.387. The molecule has 3 unspecified atom stereocenters. The predicted molar refractivity (Wildman–Crippen MR) is 68.6 cm³/mol. The Morgan fingerprint density at radius 2 is 2.18 bits per heavy atom. The summed E-state index contributed by atoms with van der Waals surface area (Å²) in [5, 5.41) is 0. The van der Waals surface area contributed by atoms with Crippen LogP contribution in [0.1, 0.15) is 25.7 Å². The number of carbonyl (C=O) groups is 1. The highest BCUT2D eigenvalue weighted by Gasteiger charge is 2.35. The Hall–Kier alpha value is -0.610. The highest BCUT2D eigenvalue weighted by molar-refractivity contribution is 5.79. The Morgan fingerprint density at radius 1 is 1.41 bits per heavy atom. The van der Waals surface area contributed by atoms with E-state index in [0.717, 1.165) is 25.9 Å². The standard InChI is InChI=1S/C13H25N3O/c1-15-7-6-11(9-15)13(17)16(2)12-5-3-4-10(12)8-14/h10-12H,3-9,14H2,1-2H3. The molecule has 2 fully saturated rings. The van der Waals surface area contributed by atoms with Gasteiger partial charge in [-0.15, -0.1) is 0 Å². The summed E-state index contributed by atoms with van der Waals surface area (Å²) in [6.07, 6.45) is 4.55. The average Bonchev–Trinajstić information content (AvgIpc) is 2.95. The van der Waals surface area contributed by atoms with Crippen LogP contribution in [0.3, 0.4) is 0 Å². The molecule has 17 heavy (non-hydrogen) atoms. The number of amides is 1. The van der Waals surface area contributed by atoms with Crippen molar-refractivity contribution in [2.24, 2.45) is 17.6 Å². The van der Waals surface area contributed by atoms with Gasteiger partial charge in [0.1, 0.15) is 0 Å². The fourth-order valence-corrected chi connectivity index (χ4v) is 3.39. The fourth-order valence-electron chi connectivity index (χ4n) is 3.39. The van der Waals surface area contributed by atoms with Crippen molar-refractivity contribution in [3.8, 4) is 0 Å². The van der Waals surface area contributed by atoms with Crippen molar-refractivity contribution < 1.29 is 4.79 Å². The van der Waals surface area contributed by atoms with Crippen molar-refractivity contribution in [1.29, 1.82) is 0 Å². The van der Waals surface area contributed by atoms with Crippen LogP contribution in [0.5, 0.6) is 0 Å². The quantitative estimate of drug-likeness (QED) is 0.781. The van der Waals surface area contributed by atoms with Gasteiger partial charge >= 0.3 is 0 Å². The molecule has 0 radical (unpaired) electrons. The lowest BCUT2D eigenvalue weighted by molar-refractivity contribution is -0.136. The first kappa shape index (κ1) is 12.8. The Balaban J connectivity index is 1.94. The van der Waals surface area contributed by atoms with Crippen LogP contribution < -0.4 is 5.73 Å². The van der Waals surface area contributed by atoms with Gasteiger partial charge in [-0.1, -0.05) is 6.42 Å². The van der Waals surface area contributed by atoms with E-state index in [0.29, 0.717) is 24.4 Å². The minimum absolute atomic E-state index is 0.212. The summed E-state index contributed by atoms with van der Waals surface area (Å²) in [5.41, 5.74) is 5.79. The minimum Gasteiger partial charge on any atom is -0.342 e. The van der Waals surface area contributed by atoms with Crippen molar-refractivity contribution in [2.75, 3.05) is 33.7 Å². The summed E-state index contributed by atoms with van der Waals surface area (Å²) < 4.78 is 0. The number of nitrogens with zero attached hydrogens (tertiary/aromatic N) is 2. The molecule has 0 bridgehead atoms. The van der Waals surface area contributed by atoms with Crippen molar-refractivity contribution in [3.05, 3.63) is 0 Å². The van der Waals surface area contributed by atoms with E-state index in [1.165, 1.54) is 12.8 Å². The molecule has 1 aliphatic carbocycles. The highest BCUT2D eigenvalue weighted by Crippen LogP contribution is 2.30. The van der Waals surface area contributed by atoms with E-state index in [1.807, 2.05) is 11.9 Å². The average molecular weight is 239 g/mol. The monoisotopic (exact) mass is 239 g/mol. The number of carbonyl (C=O) groups excluding carboxylic acids is 1. The van der Waals surface area contributed by atoms with Crippen LogP contribution in [-0.2, 0) is 4.79 Å². The molecule has 4 heteroatoms. The number of hydrogen-bond acceptors (Lipinski definition) is 3. The number of nitrogens with two attached hydrogens (primary N) is 1. The third kappa shape index (κ3) is 2.63. The van der Waals surface area contributed by atoms with Crippen LogP contribution in [0.4, 0.5) is 0 Å². The maximum absolute atomic E-state index is 12.4. The van der Waals surface area contributed by atoms with Gasteiger partial charge in [0.2, 0.25) is 5.91 Å². The van der Waals surface area contributed by atoms with Crippen LogP contribution in [0.15, 0.2) is 0 Å². The van der Waals surface area contributed by atoms with Crippen molar-refractivity contribution >= 4 is 5.91 Å². The fraction of sp³-hybridized carbons (Fsp3) is 0.923. The zero-order chi connectivity index (χ0) is 12.4. The van der Waals surface area contributed by atoms with Gasteiger partial charge in [0, 0.05) is 19.6 Å². The molecule has 0 aromatic carbocycles. The SMILES string of the molecule is CN1CCC(C(=O)N(C)C2CCCC2CN)C1. The van der Waals surface area contributed by atoms with Gasteiger partial charge in [0.05, 0.1) is 5.92 Å². The number of hydrogen-bond donors (Lipinski definition) is 1. The molecular formula is C13H25N3O. The zero-order valence-electron chi connectivity index (χ0n) is 11.1. The largest absolute Gasteiger partial charge is 0.342 e. The first-order chi connectivity index (χ1) is 8.13. The Labute approximate surface area is 104 Å². The predicted octanol–water partition coefficient (Wildman–Crippen LogP) is 0.524. The molecule has 98 valence electrons. The van der Waals surface area contributed by atoms with E-state index in [9.17, 15) is 4.79 Å². The normalized spacial score (nSPS) is 34.2. The van der Waals surface area contributed by atoms with Gasteiger partial charge in [0.25, 0.3) is 0 Å². The van der Waals surface area contributed by atoms with Crippen molar-refractivity contribution in [2.45, 2.75) is 31.7 Å². The summed E-state index contributed by atoms with van der Waals surface area (Å²) >= 11 is 0. The summed E-state index contributed by atoms with van der Waals surface area (Å²) in [4.78, 5) is 16.6. The van der Waals surface area contributed by atoms with E-state index in [-0.39, 0.29) is 5.92 Å².